The lowest BCUT2D eigenvalue weighted by Gasteiger charge is -2.24. The Labute approximate surface area is 79.5 Å². The van der Waals surface area contributed by atoms with Crippen molar-refractivity contribution in [3.8, 4) is 0 Å². The predicted molar refractivity (Wildman–Crippen MR) is 51.4 cm³/mol. The van der Waals surface area contributed by atoms with Crippen LogP contribution < -0.4 is 5.32 Å². The van der Waals surface area contributed by atoms with Crippen LogP contribution in [0.4, 0.5) is 0 Å². The van der Waals surface area contributed by atoms with Gasteiger partial charge in [-0.15, -0.1) is 0 Å². The van der Waals surface area contributed by atoms with Gasteiger partial charge in [0.25, 0.3) is 0 Å². The second kappa shape index (κ2) is 2.98. The number of hydrogen-bond donors (Lipinski definition) is 1. The summed E-state index contributed by atoms with van der Waals surface area (Å²) in [5.74, 6) is 0.241. The second-order valence-corrected chi connectivity index (χ2v) is 4.77. The summed E-state index contributed by atoms with van der Waals surface area (Å²) < 4.78 is 0. The number of hydrogen-bond acceptors (Lipinski definition) is 2. The summed E-state index contributed by atoms with van der Waals surface area (Å²) in [6, 6.07) is 0.620. The predicted octanol–water partition coefficient (Wildman–Crippen LogP) is 0.607. The molecule has 2 rings (SSSR count). The van der Waals surface area contributed by atoms with Crippen molar-refractivity contribution < 1.29 is 4.79 Å². The first kappa shape index (κ1) is 9.00. The highest BCUT2D eigenvalue weighted by molar-refractivity contribution is 5.79. The first-order chi connectivity index (χ1) is 6.11. The lowest BCUT2D eigenvalue weighted by Crippen LogP contribution is -2.33. The molecule has 13 heavy (non-hydrogen) atoms. The smallest absolute Gasteiger partial charge is 0.220 e. The van der Waals surface area contributed by atoms with Crippen molar-refractivity contribution >= 4 is 5.91 Å². The fraction of sp³-hybridized carbons (Fsp3) is 0.900. The van der Waals surface area contributed by atoms with Crippen molar-refractivity contribution in [2.24, 2.45) is 5.41 Å². The molecular weight excluding hydrogens is 164 g/mol. The van der Waals surface area contributed by atoms with E-state index >= 15 is 0 Å². The summed E-state index contributed by atoms with van der Waals surface area (Å²) >= 11 is 0. The van der Waals surface area contributed by atoms with Crippen LogP contribution in [0.3, 0.4) is 0 Å². The van der Waals surface area contributed by atoms with E-state index in [9.17, 15) is 4.79 Å². The number of carbonyl (C=O) groups excluding carboxylic acids is 1. The summed E-state index contributed by atoms with van der Waals surface area (Å²) in [6.45, 7) is 7.61. The molecule has 0 aromatic rings. The van der Waals surface area contributed by atoms with Gasteiger partial charge >= 0.3 is 0 Å². The lowest BCUT2D eigenvalue weighted by molar-refractivity contribution is -0.119. The molecule has 0 aliphatic carbocycles. The van der Waals surface area contributed by atoms with E-state index in [2.05, 4.69) is 24.1 Å². The quantitative estimate of drug-likeness (QED) is 0.644. The average Bonchev–Trinajstić information content (AvgIpc) is 2.61. The molecule has 3 heteroatoms. The standard InChI is InChI=1S/C10H18N2O/c1-8(2)12-4-3-10(7-12)5-9(13)11-6-10/h8H,3-7H2,1-2H3,(H,11,13). The third-order valence-electron chi connectivity index (χ3n) is 3.39. The van der Waals surface area contributed by atoms with E-state index in [0.29, 0.717) is 6.04 Å². The molecule has 0 radical (unpaired) electrons. The van der Waals surface area contributed by atoms with Crippen LogP contribution in [0.25, 0.3) is 0 Å². The maximum Gasteiger partial charge on any atom is 0.220 e. The zero-order chi connectivity index (χ0) is 9.47. The number of nitrogens with one attached hydrogen (secondary N) is 1. The van der Waals surface area contributed by atoms with Gasteiger partial charge in [-0.3, -0.25) is 4.79 Å². The molecule has 0 aromatic carbocycles. The highest BCUT2D eigenvalue weighted by atomic mass is 16.1. The number of amides is 1. The molecule has 2 heterocycles. The molecule has 0 bridgehead atoms. The third-order valence-corrected chi connectivity index (χ3v) is 3.39. The number of nitrogens with zero attached hydrogens (tertiary/aromatic N) is 1. The van der Waals surface area contributed by atoms with Crippen LogP contribution in [0.1, 0.15) is 26.7 Å². The van der Waals surface area contributed by atoms with Crippen molar-refractivity contribution in [3.05, 3.63) is 0 Å². The monoisotopic (exact) mass is 182 g/mol. The topological polar surface area (TPSA) is 32.3 Å². The van der Waals surface area contributed by atoms with Gasteiger partial charge in [-0.05, 0) is 26.8 Å². The van der Waals surface area contributed by atoms with Gasteiger partial charge in [0.1, 0.15) is 0 Å². The van der Waals surface area contributed by atoms with Crippen LogP contribution >= 0.6 is 0 Å². The van der Waals surface area contributed by atoms with Gasteiger partial charge in [-0.1, -0.05) is 0 Å². The van der Waals surface area contributed by atoms with Gasteiger partial charge in [-0.25, -0.2) is 0 Å². The maximum absolute atomic E-state index is 11.2. The van der Waals surface area contributed by atoms with Crippen LogP contribution in [0.2, 0.25) is 0 Å². The van der Waals surface area contributed by atoms with Crippen molar-refractivity contribution in [2.75, 3.05) is 19.6 Å². The molecule has 2 aliphatic rings. The zero-order valence-electron chi connectivity index (χ0n) is 8.47. The summed E-state index contributed by atoms with van der Waals surface area (Å²) in [5, 5.41) is 2.95. The molecular formula is C10H18N2O. The zero-order valence-corrected chi connectivity index (χ0v) is 8.47. The minimum atomic E-state index is 0.241. The van der Waals surface area contributed by atoms with E-state index in [1.807, 2.05) is 0 Å². The molecule has 2 fully saturated rings. The maximum atomic E-state index is 11.2. The van der Waals surface area contributed by atoms with Crippen LogP contribution in [0, 0.1) is 5.41 Å². The number of carbonyl (C=O) groups is 1. The van der Waals surface area contributed by atoms with Crippen LogP contribution in [-0.2, 0) is 4.79 Å². The highest BCUT2D eigenvalue weighted by Crippen LogP contribution is 2.37. The Bertz CT molecular complexity index is 227. The van der Waals surface area contributed by atoms with Gasteiger partial charge in [0.2, 0.25) is 5.91 Å². The van der Waals surface area contributed by atoms with Gasteiger partial charge in [0, 0.05) is 31.0 Å². The van der Waals surface area contributed by atoms with E-state index in [1.54, 1.807) is 0 Å². The Morgan fingerprint density at radius 1 is 1.54 bits per heavy atom. The minimum Gasteiger partial charge on any atom is -0.355 e. The molecule has 3 nitrogen and oxygen atoms in total. The van der Waals surface area contributed by atoms with Crippen molar-refractivity contribution in [3.63, 3.8) is 0 Å². The Balaban J connectivity index is 2.01. The van der Waals surface area contributed by atoms with E-state index in [1.165, 1.54) is 6.42 Å². The molecule has 1 spiro atoms. The first-order valence-electron chi connectivity index (χ1n) is 5.12. The van der Waals surface area contributed by atoms with Crippen molar-refractivity contribution in [1.29, 1.82) is 0 Å². The molecule has 0 saturated carbocycles. The van der Waals surface area contributed by atoms with Gasteiger partial charge < -0.3 is 10.2 Å². The first-order valence-corrected chi connectivity index (χ1v) is 5.12. The molecule has 1 unspecified atom stereocenters. The SMILES string of the molecule is CC(C)N1CCC2(CNC(=O)C2)C1. The van der Waals surface area contributed by atoms with Crippen LogP contribution in [0.5, 0.6) is 0 Å². The normalized spacial score (nSPS) is 34.8. The summed E-state index contributed by atoms with van der Waals surface area (Å²) in [7, 11) is 0. The summed E-state index contributed by atoms with van der Waals surface area (Å²) in [4.78, 5) is 13.6. The third kappa shape index (κ3) is 1.57. The van der Waals surface area contributed by atoms with E-state index in [4.69, 9.17) is 0 Å². The van der Waals surface area contributed by atoms with E-state index in [-0.39, 0.29) is 11.3 Å². The molecule has 2 aliphatic heterocycles. The Kier molecular flexibility index (Phi) is 2.06. The molecule has 1 atom stereocenters. The molecule has 1 N–H and O–H groups in total. The van der Waals surface area contributed by atoms with Crippen LogP contribution in [0.15, 0.2) is 0 Å². The Hall–Kier alpha value is -0.570. The number of rotatable bonds is 1. The molecule has 2 saturated heterocycles. The lowest BCUT2D eigenvalue weighted by atomic mass is 9.86. The molecule has 74 valence electrons. The second-order valence-electron chi connectivity index (χ2n) is 4.77. The minimum absolute atomic E-state index is 0.241. The van der Waals surface area contributed by atoms with E-state index < -0.39 is 0 Å². The summed E-state index contributed by atoms with van der Waals surface area (Å²) in [6.07, 6.45) is 1.93. The van der Waals surface area contributed by atoms with Crippen LogP contribution in [-0.4, -0.2) is 36.5 Å². The number of likely N-dealkylation sites (tertiary alicyclic amines) is 1. The largest absolute Gasteiger partial charge is 0.355 e. The molecule has 1 amide bonds. The van der Waals surface area contributed by atoms with E-state index in [0.717, 1.165) is 26.1 Å². The Morgan fingerprint density at radius 2 is 2.31 bits per heavy atom. The van der Waals surface area contributed by atoms with Crippen molar-refractivity contribution in [2.45, 2.75) is 32.7 Å². The Morgan fingerprint density at radius 3 is 2.77 bits per heavy atom. The summed E-state index contributed by atoms with van der Waals surface area (Å²) in [5.41, 5.74) is 0.279. The molecule has 0 aromatic heterocycles. The highest BCUT2D eigenvalue weighted by Gasteiger charge is 2.44. The van der Waals surface area contributed by atoms with Gasteiger partial charge in [-0.2, -0.15) is 0 Å². The average molecular weight is 182 g/mol. The van der Waals surface area contributed by atoms with Gasteiger partial charge in [0.05, 0.1) is 0 Å². The van der Waals surface area contributed by atoms with Gasteiger partial charge in [0.15, 0.2) is 0 Å². The fourth-order valence-electron chi connectivity index (χ4n) is 2.45. The fourth-order valence-corrected chi connectivity index (χ4v) is 2.45. The van der Waals surface area contributed by atoms with Crippen molar-refractivity contribution in [1.82, 2.24) is 10.2 Å².